The predicted molar refractivity (Wildman–Crippen MR) is 83.3 cm³/mol. The van der Waals surface area contributed by atoms with Gasteiger partial charge in [0.1, 0.15) is 0 Å². The minimum absolute atomic E-state index is 0.395. The number of rotatable bonds is 5. The summed E-state index contributed by atoms with van der Waals surface area (Å²) in [6, 6.07) is 11.3. The van der Waals surface area contributed by atoms with Crippen LogP contribution in [0.25, 0.3) is 0 Å². The zero-order valence-electron chi connectivity index (χ0n) is 10.7. The Morgan fingerprint density at radius 3 is 2.72 bits per heavy atom. The number of aryl methyl sites for hydroxylation is 1. The molecule has 1 heterocycles. The molecule has 0 saturated heterocycles. The average molecular weight is 324 g/mol. The van der Waals surface area contributed by atoms with Crippen LogP contribution in [0.3, 0.4) is 0 Å². The van der Waals surface area contributed by atoms with Gasteiger partial charge in [-0.3, -0.25) is 0 Å². The number of nitrogens with one attached hydrogen (secondary N) is 1. The molecule has 1 atom stereocenters. The molecule has 3 heteroatoms. The first-order chi connectivity index (χ1) is 8.74. The van der Waals surface area contributed by atoms with Crippen LogP contribution in [-0.2, 0) is 12.8 Å². The highest BCUT2D eigenvalue weighted by Crippen LogP contribution is 2.27. The molecule has 2 rings (SSSR count). The van der Waals surface area contributed by atoms with Gasteiger partial charge in [-0.15, -0.1) is 11.3 Å². The molecule has 1 aromatic carbocycles. The van der Waals surface area contributed by atoms with Crippen LogP contribution in [0.5, 0.6) is 0 Å². The molecular weight excluding hydrogens is 306 g/mol. The molecule has 1 N–H and O–H groups in total. The van der Waals surface area contributed by atoms with Crippen LogP contribution >= 0.6 is 27.3 Å². The van der Waals surface area contributed by atoms with Gasteiger partial charge in [0.2, 0.25) is 0 Å². The molecule has 0 aliphatic carbocycles. The van der Waals surface area contributed by atoms with Crippen molar-refractivity contribution in [1.82, 2.24) is 5.32 Å². The fourth-order valence-corrected chi connectivity index (χ4v) is 3.72. The summed E-state index contributed by atoms with van der Waals surface area (Å²) in [5.41, 5.74) is 2.86. The van der Waals surface area contributed by atoms with E-state index in [-0.39, 0.29) is 0 Å². The number of likely N-dealkylation sites (N-methyl/N-ethyl adjacent to an activating group) is 1. The molecule has 0 aliphatic rings. The lowest BCUT2D eigenvalue weighted by Crippen LogP contribution is -2.19. The van der Waals surface area contributed by atoms with Crippen molar-refractivity contribution in [2.24, 2.45) is 0 Å². The minimum atomic E-state index is 0.395. The van der Waals surface area contributed by atoms with Gasteiger partial charge in [-0.1, -0.05) is 31.2 Å². The lowest BCUT2D eigenvalue weighted by Gasteiger charge is -2.19. The quantitative estimate of drug-likeness (QED) is 0.849. The largest absolute Gasteiger partial charge is 0.313 e. The molecule has 0 aliphatic heterocycles. The van der Waals surface area contributed by atoms with Gasteiger partial charge in [0.25, 0.3) is 0 Å². The highest BCUT2D eigenvalue weighted by atomic mass is 79.9. The molecular formula is C15H18BrNS. The van der Waals surface area contributed by atoms with Crippen molar-refractivity contribution in [2.45, 2.75) is 25.8 Å². The second-order valence-corrected chi connectivity index (χ2v) is 6.24. The average Bonchev–Trinajstić information content (AvgIpc) is 2.81. The van der Waals surface area contributed by atoms with E-state index in [1.54, 1.807) is 0 Å². The highest BCUT2D eigenvalue weighted by Gasteiger charge is 2.14. The van der Waals surface area contributed by atoms with Gasteiger partial charge in [0.15, 0.2) is 0 Å². The molecule has 0 spiro atoms. The maximum absolute atomic E-state index is 3.52. The van der Waals surface area contributed by atoms with Gasteiger partial charge < -0.3 is 5.32 Å². The van der Waals surface area contributed by atoms with E-state index in [0.29, 0.717) is 6.04 Å². The third kappa shape index (κ3) is 3.22. The topological polar surface area (TPSA) is 12.0 Å². The van der Waals surface area contributed by atoms with Crippen LogP contribution in [0, 0.1) is 0 Å². The van der Waals surface area contributed by atoms with Crippen molar-refractivity contribution < 1.29 is 0 Å². The van der Waals surface area contributed by atoms with Gasteiger partial charge in [-0.2, -0.15) is 0 Å². The van der Waals surface area contributed by atoms with Crippen molar-refractivity contribution >= 4 is 27.3 Å². The van der Waals surface area contributed by atoms with Crippen LogP contribution in [0.1, 0.15) is 29.0 Å². The standard InChI is InChI=1S/C15H18BrNS/c1-3-11-6-4-5-7-14(11)15(17-2)9-13-8-12(16)10-18-13/h4-8,10,15,17H,3,9H2,1-2H3. The number of halogens is 1. The Balaban J connectivity index is 2.22. The Morgan fingerprint density at radius 1 is 1.33 bits per heavy atom. The SMILES string of the molecule is CCc1ccccc1C(Cc1cc(Br)cs1)NC. The van der Waals surface area contributed by atoms with E-state index >= 15 is 0 Å². The van der Waals surface area contributed by atoms with Crippen molar-refractivity contribution in [3.8, 4) is 0 Å². The normalized spacial score (nSPS) is 12.6. The summed E-state index contributed by atoms with van der Waals surface area (Å²) in [5, 5.41) is 5.59. The second kappa shape index (κ2) is 6.50. The van der Waals surface area contributed by atoms with Crippen LogP contribution < -0.4 is 5.32 Å². The Morgan fingerprint density at radius 2 is 2.11 bits per heavy atom. The van der Waals surface area contributed by atoms with Gasteiger partial charge in [0, 0.05) is 27.2 Å². The summed E-state index contributed by atoms with van der Waals surface area (Å²) >= 11 is 5.33. The van der Waals surface area contributed by atoms with E-state index in [2.05, 4.69) is 63.9 Å². The second-order valence-electron chi connectivity index (χ2n) is 4.33. The third-order valence-electron chi connectivity index (χ3n) is 3.19. The summed E-state index contributed by atoms with van der Waals surface area (Å²) < 4.78 is 1.18. The molecule has 0 bridgehead atoms. The van der Waals surface area contributed by atoms with Gasteiger partial charge in [-0.05, 0) is 46.6 Å². The fourth-order valence-electron chi connectivity index (χ4n) is 2.23. The summed E-state index contributed by atoms with van der Waals surface area (Å²) in [5.74, 6) is 0. The molecule has 0 amide bonds. The van der Waals surface area contributed by atoms with Crippen molar-refractivity contribution in [3.63, 3.8) is 0 Å². The fraction of sp³-hybridized carbons (Fsp3) is 0.333. The molecule has 18 heavy (non-hydrogen) atoms. The zero-order valence-corrected chi connectivity index (χ0v) is 13.1. The Bertz CT molecular complexity index is 507. The van der Waals surface area contributed by atoms with Crippen molar-refractivity contribution in [3.05, 3.63) is 56.2 Å². The minimum Gasteiger partial charge on any atom is -0.313 e. The Labute approximate surface area is 121 Å². The van der Waals surface area contributed by atoms with Gasteiger partial charge >= 0.3 is 0 Å². The first kappa shape index (κ1) is 13.8. The maximum Gasteiger partial charge on any atom is 0.0369 e. The van der Waals surface area contributed by atoms with Crippen LogP contribution in [-0.4, -0.2) is 7.05 Å². The molecule has 1 nitrogen and oxygen atoms in total. The lowest BCUT2D eigenvalue weighted by molar-refractivity contribution is 0.591. The number of benzene rings is 1. The molecule has 0 radical (unpaired) electrons. The van der Waals surface area contributed by atoms with E-state index in [1.165, 1.54) is 20.5 Å². The first-order valence-electron chi connectivity index (χ1n) is 6.22. The van der Waals surface area contributed by atoms with E-state index in [4.69, 9.17) is 0 Å². The number of hydrogen-bond acceptors (Lipinski definition) is 2. The number of thiophene rings is 1. The third-order valence-corrected chi connectivity index (χ3v) is 4.91. The van der Waals surface area contributed by atoms with Gasteiger partial charge in [0.05, 0.1) is 0 Å². The van der Waals surface area contributed by atoms with E-state index in [1.807, 2.05) is 18.4 Å². The molecule has 1 unspecified atom stereocenters. The van der Waals surface area contributed by atoms with E-state index in [9.17, 15) is 0 Å². The maximum atomic E-state index is 3.52. The Kier molecular flexibility index (Phi) is 4.98. The van der Waals surface area contributed by atoms with E-state index in [0.717, 1.165) is 12.8 Å². The van der Waals surface area contributed by atoms with Crippen LogP contribution in [0.15, 0.2) is 40.2 Å². The molecule has 0 fully saturated rings. The highest BCUT2D eigenvalue weighted by molar-refractivity contribution is 9.10. The van der Waals surface area contributed by atoms with Crippen molar-refractivity contribution in [1.29, 1.82) is 0 Å². The summed E-state index contributed by atoms with van der Waals surface area (Å²) in [4.78, 5) is 1.41. The number of hydrogen-bond donors (Lipinski definition) is 1. The smallest absolute Gasteiger partial charge is 0.0369 e. The van der Waals surface area contributed by atoms with Crippen LogP contribution in [0.4, 0.5) is 0 Å². The van der Waals surface area contributed by atoms with Crippen molar-refractivity contribution in [2.75, 3.05) is 7.05 Å². The first-order valence-corrected chi connectivity index (χ1v) is 7.89. The predicted octanol–water partition coefficient (Wildman–Crippen LogP) is 4.58. The molecule has 96 valence electrons. The summed E-state index contributed by atoms with van der Waals surface area (Å²) in [6.45, 7) is 2.22. The monoisotopic (exact) mass is 323 g/mol. The van der Waals surface area contributed by atoms with E-state index < -0.39 is 0 Å². The summed E-state index contributed by atoms with van der Waals surface area (Å²) in [7, 11) is 2.04. The molecule has 1 aromatic heterocycles. The molecule has 0 saturated carbocycles. The zero-order chi connectivity index (χ0) is 13.0. The summed E-state index contributed by atoms with van der Waals surface area (Å²) in [6.07, 6.45) is 2.13. The van der Waals surface area contributed by atoms with Gasteiger partial charge in [-0.25, -0.2) is 0 Å². The lowest BCUT2D eigenvalue weighted by atomic mass is 9.96. The van der Waals surface area contributed by atoms with Crippen LogP contribution in [0.2, 0.25) is 0 Å². The Hall–Kier alpha value is -0.640. The molecule has 2 aromatic rings.